The number of rotatable bonds is 5. The van der Waals surface area contributed by atoms with E-state index in [0.29, 0.717) is 37.3 Å². The number of esters is 1. The number of sulfonamides is 1. The number of amidine groups is 1. The molecule has 158 valence electrons. The standard InChI is InChI=1S/C20H27N3O5S/c1-4-20(2,3)21-17(24)13-28-19(25)14-8-7-11-23(12-14)18-15-9-5-6-10-16(15)29(26,27)22-18/h5-6,9-10,14H,4,7-8,11-13H2,1-3H3,(H,21,24)/t14-/m1/s1. The van der Waals surface area contributed by atoms with Crippen LogP contribution in [0.3, 0.4) is 0 Å². The van der Waals surface area contributed by atoms with Crippen molar-refractivity contribution < 1.29 is 22.7 Å². The molecule has 2 heterocycles. The van der Waals surface area contributed by atoms with Gasteiger partial charge in [-0.15, -0.1) is 4.40 Å². The van der Waals surface area contributed by atoms with Crippen LogP contribution in [0.2, 0.25) is 0 Å². The summed E-state index contributed by atoms with van der Waals surface area (Å²) in [6.07, 6.45) is 2.09. The molecule has 9 heteroatoms. The van der Waals surface area contributed by atoms with Crippen LogP contribution in [-0.2, 0) is 24.3 Å². The summed E-state index contributed by atoms with van der Waals surface area (Å²) in [5.74, 6) is -0.846. The molecule has 0 aromatic heterocycles. The Morgan fingerprint density at radius 3 is 2.76 bits per heavy atom. The Balaban J connectivity index is 1.63. The molecule has 29 heavy (non-hydrogen) atoms. The van der Waals surface area contributed by atoms with Crippen LogP contribution in [0.4, 0.5) is 0 Å². The Morgan fingerprint density at radius 2 is 2.03 bits per heavy atom. The van der Waals surface area contributed by atoms with Gasteiger partial charge < -0.3 is 15.0 Å². The maximum absolute atomic E-state index is 12.5. The van der Waals surface area contributed by atoms with Gasteiger partial charge in [0.05, 0.1) is 5.92 Å². The maximum Gasteiger partial charge on any atom is 0.311 e. The van der Waals surface area contributed by atoms with Gasteiger partial charge in [0, 0.05) is 24.2 Å². The lowest BCUT2D eigenvalue weighted by atomic mass is 9.97. The lowest BCUT2D eigenvalue weighted by Crippen LogP contribution is -2.46. The molecule has 0 bridgehead atoms. The molecule has 2 aliphatic heterocycles. The van der Waals surface area contributed by atoms with Crippen molar-refractivity contribution in [2.24, 2.45) is 10.3 Å². The summed E-state index contributed by atoms with van der Waals surface area (Å²) in [4.78, 5) is 26.5. The van der Waals surface area contributed by atoms with Crippen LogP contribution in [0.1, 0.15) is 45.6 Å². The molecule has 3 rings (SSSR count). The molecule has 1 aromatic rings. The smallest absolute Gasteiger partial charge is 0.311 e. The summed E-state index contributed by atoms with van der Waals surface area (Å²) in [5, 5.41) is 2.83. The highest BCUT2D eigenvalue weighted by Gasteiger charge is 2.35. The molecule has 1 aromatic carbocycles. The number of piperidine rings is 1. The molecule has 0 aliphatic carbocycles. The summed E-state index contributed by atoms with van der Waals surface area (Å²) >= 11 is 0. The number of carbonyl (C=O) groups excluding carboxylic acids is 2. The zero-order valence-corrected chi connectivity index (χ0v) is 17.8. The van der Waals surface area contributed by atoms with E-state index in [1.807, 2.05) is 25.7 Å². The first kappa shape index (κ1) is 21.3. The number of fused-ring (bicyclic) bond motifs is 1. The van der Waals surface area contributed by atoms with Crippen molar-refractivity contribution in [3.8, 4) is 0 Å². The van der Waals surface area contributed by atoms with Gasteiger partial charge >= 0.3 is 5.97 Å². The number of ether oxygens (including phenoxy) is 1. The largest absolute Gasteiger partial charge is 0.455 e. The highest BCUT2D eigenvalue weighted by molar-refractivity contribution is 7.90. The van der Waals surface area contributed by atoms with Gasteiger partial charge in [-0.2, -0.15) is 8.42 Å². The first-order valence-electron chi connectivity index (χ1n) is 9.80. The minimum absolute atomic E-state index is 0.190. The first-order valence-corrected chi connectivity index (χ1v) is 11.2. The molecule has 8 nitrogen and oxygen atoms in total. The zero-order valence-electron chi connectivity index (χ0n) is 17.0. The second kappa shape index (κ2) is 8.14. The van der Waals surface area contributed by atoms with E-state index < -0.39 is 21.9 Å². The van der Waals surface area contributed by atoms with Crippen LogP contribution in [0.15, 0.2) is 33.6 Å². The summed E-state index contributed by atoms with van der Waals surface area (Å²) < 4.78 is 33.7. The van der Waals surface area contributed by atoms with E-state index in [1.54, 1.807) is 18.2 Å². The van der Waals surface area contributed by atoms with E-state index in [0.717, 1.165) is 6.42 Å². The fraction of sp³-hybridized carbons (Fsp3) is 0.550. The lowest BCUT2D eigenvalue weighted by molar-refractivity contribution is -0.154. The van der Waals surface area contributed by atoms with Gasteiger partial charge in [0.1, 0.15) is 4.90 Å². The number of hydrogen-bond donors (Lipinski definition) is 1. The van der Waals surface area contributed by atoms with E-state index in [4.69, 9.17) is 4.74 Å². The molecule has 1 amide bonds. The minimum Gasteiger partial charge on any atom is -0.455 e. The average Bonchev–Trinajstić information content (AvgIpc) is 2.97. The molecule has 1 N–H and O–H groups in total. The van der Waals surface area contributed by atoms with Crippen molar-refractivity contribution in [3.63, 3.8) is 0 Å². The molecular weight excluding hydrogens is 394 g/mol. The Hall–Kier alpha value is -2.42. The molecule has 1 fully saturated rings. The maximum atomic E-state index is 12.5. The molecule has 2 aliphatic rings. The Bertz CT molecular complexity index is 939. The highest BCUT2D eigenvalue weighted by Crippen LogP contribution is 2.29. The molecular formula is C20H27N3O5S. The predicted molar refractivity (Wildman–Crippen MR) is 108 cm³/mol. The predicted octanol–water partition coefficient (Wildman–Crippen LogP) is 1.70. The quantitative estimate of drug-likeness (QED) is 0.726. The van der Waals surface area contributed by atoms with Crippen LogP contribution in [0.5, 0.6) is 0 Å². The van der Waals surface area contributed by atoms with E-state index in [1.165, 1.54) is 6.07 Å². The van der Waals surface area contributed by atoms with Crippen LogP contribution < -0.4 is 5.32 Å². The number of amides is 1. The van der Waals surface area contributed by atoms with Crippen LogP contribution in [0, 0.1) is 5.92 Å². The molecule has 0 radical (unpaired) electrons. The van der Waals surface area contributed by atoms with Crippen molar-refractivity contribution >= 4 is 27.7 Å². The van der Waals surface area contributed by atoms with Crippen LogP contribution >= 0.6 is 0 Å². The van der Waals surface area contributed by atoms with Crippen LogP contribution in [-0.4, -0.2) is 56.3 Å². The van der Waals surface area contributed by atoms with E-state index in [-0.39, 0.29) is 22.9 Å². The van der Waals surface area contributed by atoms with Crippen LogP contribution in [0.25, 0.3) is 0 Å². The number of likely N-dealkylation sites (tertiary alicyclic amines) is 1. The summed E-state index contributed by atoms with van der Waals surface area (Å²) in [5.41, 5.74) is 0.202. The Labute approximate surface area is 171 Å². The van der Waals surface area contributed by atoms with Gasteiger partial charge in [0.25, 0.3) is 15.9 Å². The molecule has 0 saturated carbocycles. The Kier molecular flexibility index (Phi) is 5.97. The first-order chi connectivity index (χ1) is 13.6. The third-order valence-corrected chi connectivity index (χ3v) is 6.70. The second-order valence-corrected chi connectivity index (χ2v) is 9.64. The summed E-state index contributed by atoms with van der Waals surface area (Å²) in [6, 6.07) is 6.69. The number of carbonyl (C=O) groups is 2. The normalized spacial score (nSPS) is 20.6. The van der Waals surface area contributed by atoms with Crippen molar-refractivity contribution in [1.82, 2.24) is 10.2 Å². The minimum atomic E-state index is -3.71. The molecule has 0 spiro atoms. The number of hydrogen-bond acceptors (Lipinski definition) is 6. The third kappa shape index (κ3) is 4.77. The van der Waals surface area contributed by atoms with E-state index in [2.05, 4.69) is 9.71 Å². The number of benzene rings is 1. The zero-order chi connectivity index (χ0) is 21.2. The molecule has 0 unspecified atom stereocenters. The molecule has 1 atom stereocenters. The fourth-order valence-electron chi connectivity index (χ4n) is 3.43. The number of nitrogens with zero attached hydrogens (tertiary/aromatic N) is 2. The molecule has 1 saturated heterocycles. The van der Waals surface area contributed by atoms with Gasteiger partial charge in [-0.1, -0.05) is 19.1 Å². The Morgan fingerprint density at radius 1 is 1.31 bits per heavy atom. The summed E-state index contributed by atoms with van der Waals surface area (Å²) in [7, 11) is -3.71. The lowest BCUT2D eigenvalue weighted by Gasteiger charge is -2.33. The average molecular weight is 422 g/mol. The van der Waals surface area contributed by atoms with Crippen molar-refractivity contribution in [1.29, 1.82) is 0 Å². The van der Waals surface area contributed by atoms with E-state index >= 15 is 0 Å². The topological polar surface area (TPSA) is 105 Å². The van der Waals surface area contributed by atoms with Gasteiger partial charge in [-0.25, -0.2) is 0 Å². The van der Waals surface area contributed by atoms with Gasteiger partial charge in [0.2, 0.25) is 0 Å². The third-order valence-electron chi connectivity index (χ3n) is 5.37. The van der Waals surface area contributed by atoms with Crippen molar-refractivity contribution in [2.75, 3.05) is 19.7 Å². The van der Waals surface area contributed by atoms with Crippen molar-refractivity contribution in [3.05, 3.63) is 29.8 Å². The van der Waals surface area contributed by atoms with Gasteiger partial charge in [0.15, 0.2) is 12.4 Å². The second-order valence-electron chi connectivity index (χ2n) is 8.06. The summed E-state index contributed by atoms with van der Waals surface area (Å²) in [6.45, 7) is 6.37. The van der Waals surface area contributed by atoms with Crippen molar-refractivity contribution in [2.45, 2.75) is 50.5 Å². The van der Waals surface area contributed by atoms with E-state index in [9.17, 15) is 18.0 Å². The van der Waals surface area contributed by atoms with Gasteiger partial charge in [-0.3, -0.25) is 9.59 Å². The highest BCUT2D eigenvalue weighted by atomic mass is 32.2. The fourth-order valence-corrected chi connectivity index (χ4v) is 4.66. The van der Waals surface area contributed by atoms with Gasteiger partial charge in [-0.05, 0) is 45.2 Å². The number of nitrogens with one attached hydrogen (secondary N) is 1. The monoisotopic (exact) mass is 421 g/mol. The SMILES string of the molecule is CCC(C)(C)NC(=O)COC(=O)[C@@H]1CCCN(C2=NS(=O)(=O)c3ccccc32)C1.